The lowest BCUT2D eigenvalue weighted by Gasteiger charge is -1.94. The minimum Gasteiger partial charge on any atom is -0.147 e. The van der Waals surface area contributed by atoms with Crippen LogP contribution >= 0.6 is 11.3 Å². The van der Waals surface area contributed by atoms with Gasteiger partial charge in [0.2, 0.25) is 0 Å². The van der Waals surface area contributed by atoms with Gasteiger partial charge in [-0.3, -0.25) is 0 Å². The molecule has 0 bridgehead atoms. The smallest absolute Gasteiger partial charge is 0.117 e. The van der Waals surface area contributed by atoms with Crippen molar-refractivity contribution in [3.8, 4) is 0 Å². The highest BCUT2D eigenvalue weighted by Gasteiger charge is 1.95. The van der Waals surface area contributed by atoms with Crippen LogP contribution in [0.3, 0.4) is 0 Å². The van der Waals surface area contributed by atoms with E-state index in [0.717, 1.165) is 6.42 Å². The standard InChI is InChI=1S/C8H14N2S/c1-2-3-4-5-6-8-10-9-7-11-8/h7H,2-6H2,1H3. The van der Waals surface area contributed by atoms with Crippen LogP contribution in [0.5, 0.6) is 0 Å². The topological polar surface area (TPSA) is 25.8 Å². The number of unbranched alkanes of at least 4 members (excludes halogenated alkanes) is 3. The predicted octanol–water partition coefficient (Wildman–Crippen LogP) is 2.66. The highest BCUT2D eigenvalue weighted by molar-refractivity contribution is 7.09. The zero-order chi connectivity index (χ0) is 7.94. The summed E-state index contributed by atoms with van der Waals surface area (Å²) in [5, 5.41) is 8.95. The Balaban J connectivity index is 2.04. The number of nitrogens with zero attached hydrogens (tertiary/aromatic N) is 2. The Hall–Kier alpha value is -0.440. The quantitative estimate of drug-likeness (QED) is 0.635. The Morgan fingerprint density at radius 3 is 2.91 bits per heavy atom. The molecule has 0 fully saturated rings. The summed E-state index contributed by atoms with van der Waals surface area (Å²) in [5.74, 6) is 0. The summed E-state index contributed by atoms with van der Waals surface area (Å²) in [7, 11) is 0. The minimum atomic E-state index is 1.12. The molecule has 0 aliphatic heterocycles. The first-order valence-corrected chi connectivity index (χ1v) is 5.06. The van der Waals surface area contributed by atoms with Gasteiger partial charge in [0.25, 0.3) is 0 Å². The van der Waals surface area contributed by atoms with Gasteiger partial charge < -0.3 is 0 Å². The van der Waals surface area contributed by atoms with E-state index >= 15 is 0 Å². The second kappa shape index (κ2) is 5.24. The molecule has 0 N–H and O–H groups in total. The summed E-state index contributed by atoms with van der Waals surface area (Å²) in [5.41, 5.74) is 1.80. The van der Waals surface area contributed by atoms with Crippen molar-refractivity contribution < 1.29 is 0 Å². The molecule has 1 aromatic rings. The van der Waals surface area contributed by atoms with Gasteiger partial charge in [-0.2, -0.15) is 0 Å². The molecule has 62 valence electrons. The van der Waals surface area contributed by atoms with E-state index in [1.54, 1.807) is 16.8 Å². The van der Waals surface area contributed by atoms with Crippen LogP contribution in [0.15, 0.2) is 5.51 Å². The van der Waals surface area contributed by atoms with Gasteiger partial charge in [-0.1, -0.05) is 26.2 Å². The number of aromatic nitrogens is 2. The van der Waals surface area contributed by atoms with Crippen LogP contribution in [0.25, 0.3) is 0 Å². The SMILES string of the molecule is CCCCCCc1nncs1. The van der Waals surface area contributed by atoms with Crippen molar-refractivity contribution in [2.24, 2.45) is 0 Å². The second-order valence-electron chi connectivity index (χ2n) is 2.64. The largest absolute Gasteiger partial charge is 0.147 e. The summed E-state index contributed by atoms with van der Waals surface area (Å²) in [6, 6.07) is 0. The van der Waals surface area contributed by atoms with Gasteiger partial charge in [-0.05, 0) is 6.42 Å². The second-order valence-corrected chi connectivity index (χ2v) is 3.56. The Bertz CT molecular complexity index is 172. The number of aryl methyl sites for hydroxylation is 1. The summed E-state index contributed by atoms with van der Waals surface area (Å²) in [6.45, 7) is 2.23. The van der Waals surface area contributed by atoms with Crippen LogP contribution in [-0.2, 0) is 6.42 Å². The molecule has 0 aliphatic rings. The summed E-state index contributed by atoms with van der Waals surface area (Å²) in [6.07, 6.45) is 6.36. The molecule has 3 heteroatoms. The van der Waals surface area contributed by atoms with Crippen molar-refractivity contribution in [1.29, 1.82) is 0 Å². The van der Waals surface area contributed by atoms with Crippen LogP contribution in [0.2, 0.25) is 0 Å². The zero-order valence-electron chi connectivity index (χ0n) is 6.92. The Kier molecular flexibility index (Phi) is 4.12. The molecule has 1 aromatic heterocycles. The molecule has 0 spiro atoms. The number of hydrogen-bond donors (Lipinski definition) is 0. The van der Waals surface area contributed by atoms with E-state index in [1.807, 2.05) is 0 Å². The fourth-order valence-corrected chi connectivity index (χ4v) is 1.58. The van der Waals surface area contributed by atoms with E-state index in [4.69, 9.17) is 0 Å². The Labute approximate surface area is 71.7 Å². The molecule has 2 nitrogen and oxygen atoms in total. The lowest BCUT2D eigenvalue weighted by molar-refractivity contribution is 0.663. The van der Waals surface area contributed by atoms with Gasteiger partial charge >= 0.3 is 0 Å². The van der Waals surface area contributed by atoms with E-state index in [-0.39, 0.29) is 0 Å². The predicted molar refractivity (Wildman–Crippen MR) is 47.8 cm³/mol. The van der Waals surface area contributed by atoms with Crippen LogP contribution in [0.4, 0.5) is 0 Å². The minimum absolute atomic E-state index is 1.12. The molecule has 0 aromatic carbocycles. The monoisotopic (exact) mass is 170 g/mol. The number of hydrogen-bond acceptors (Lipinski definition) is 3. The average molecular weight is 170 g/mol. The van der Waals surface area contributed by atoms with E-state index in [2.05, 4.69) is 17.1 Å². The van der Waals surface area contributed by atoms with Gasteiger partial charge in [0.1, 0.15) is 10.5 Å². The van der Waals surface area contributed by atoms with Gasteiger partial charge in [-0.25, -0.2) is 0 Å². The maximum absolute atomic E-state index is 3.98. The fourth-order valence-electron chi connectivity index (χ4n) is 1.01. The van der Waals surface area contributed by atoms with Crippen LogP contribution in [0, 0.1) is 0 Å². The first kappa shape index (κ1) is 8.65. The molecular weight excluding hydrogens is 156 g/mol. The van der Waals surface area contributed by atoms with Crippen molar-refractivity contribution in [2.45, 2.75) is 39.0 Å². The molecule has 0 saturated heterocycles. The van der Waals surface area contributed by atoms with Crippen molar-refractivity contribution in [3.63, 3.8) is 0 Å². The molecule has 1 heterocycles. The van der Waals surface area contributed by atoms with Crippen LogP contribution in [0.1, 0.15) is 37.6 Å². The van der Waals surface area contributed by atoms with E-state index in [1.165, 1.54) is 30.7 Å². The third-order valence-electron chi connectivity index (χ3n) is 1.65. The normalized spacial score (nSPS) is 10.3. The Morgan fingerprint density at radius 1 is 1.36 bits per heavy atom. The van der Waals surface area contributed by atoms with E-state index < -0.39 is 0 Å². The average Bonchev–Trinajstić information content (AvgIpc) is 2.50. The van der Waals surface area contributed by atoms with Crippen molar-refractivity contribution in [1.82, 2.24) is 10.2 Å². The molecule has 11 heavy (non-hydrogen) atoms. The van der Waals surface area contributed by atoms with E-state index in [9.17, 15) is 0 Å². The third-order valence-corrected chi connectivity index (χ3v) is 2.41. The van der Waals surface area contributed by atoms with Crippen LogP contribution < -0.4 is 0 Å². The van der Waals surface area contributed by atoms with Crippen molar-refractivity contribution in [2.75, 3.05) is 0 Å². The van der Waals surface area contributed by atoms with E-state index in [0.29, 0.717) is 0 Å². The molecule has 0 aliphatic carbocycles. The molecule has 0 amide bonds. The summed E-state index contributed by atoms with van der Waals surface area (Å²) >= 11 is 1.66. The molecular formula is C8H14N2S. The molecule has 0 unspecified atom stereocenters. The molecule has 0 saturated carbocycles. The van der Waals surface area contributed by atoms with Gasteiger partial charge in [0.15, 0.2) is 0 Å². The lowest BCUT2D eigenvalue weighted by Crippen LogP contribution is -1.84. The Morgan fingerprint density at radius 2 is 2.27 bits per heavy atom. The molecule has 0 atom stereocenters. The highest BCUT2D eigenvalue weighted by Crippen LogP contribution is 2.08. The first-order chi connectivity index (χ1) is 5.43. The third kappa shape index (κ3) is 3.46. The van der Waals surface area contributed by atoms with Crippen molar-refractivity contribution in [3.05, 3.63) is 10.5 Å². The lowest BCUT2D eigenvalue weighted by atomic mass is 10.2. The maximum atomic E-state index is 3.98. The maximum Gasteiger partial charge on any atom is 0.117 e. The van der Waals surface area contributed by atoms with Gasteiger partial charge in [-0.15, -0.1) is 21.5 Å². The highest BCUT2D eigenvalue weighted by atomic mass is 32.1. The van der Waals surface area contributed by atoms with Gasteiger partial charge in [0, 0.05) is 6.42 Å². The fraction of sp³-hybridized carbons (Fsp3) is 0.750. The van der Waals surface area contributed by atoms with Crippen molar-refractivity contribution >= 4 is 11.3 Å². The zero-order valence-corrected chi connectivity index (χ0v) is 7.73. The molecule has 1 rings (SSSR count). The number of rotatable bonds is 5. The van der Waals surface area contributed by atoms with Gasteiger partial charge in [0.05, 0.1) is 0 Å². The first-order valence-electron chi connectivity index (χ1n) is 4.18. The molecule has 0 radical (unpaired) electrons. The summed E-state index contributed by atoms with van der Waals surface area (Å²) < 4.78 is 0. The summed E-state index contributed by atoms with van der Waals surface area (Å²) in [4.78, 5) is 0. The van der Waals surface area contributed by atoms with Crippen LogP contribution in [-0.4, -0.2) is 10.2 Å².